The van der Waals surface area contributed by atoms with Crippen LogP contribution in [0.5, 0.6) is 0 Å². The first-order valence-electron chi connectivity index (χ1n) is 10.1. The van der Waals surface area contributed by atoms with Crippen LogP contribution in [0.2, 0.25) is 5.02 Å². The molecular weight excluding hydrogens is 531 g/mol. The van der Waals surface area contributed by atoms with Crippen LogP contribution >= 0.6 is 34.8 Å². The van der Waals surface area contributed by atoms with Crippen molar-refractivity contribution in [1.82, 2.24) is 0 Å². The summed E-state index contributed by atoms with van der Waals surface area (Å²) in [5.74, 6) is -4.64. The molecule has 4 nitrogen and oxygen atoms in total. The number of hydrogen-bond acceptors (Lipinski definition) is 2. The van der Waals surface area contributed by atoms with Crippen molar-refractivity contribution < 1.29 is 27.2 Å². The smallest absolute Gasteiger partial charge is 0.263 e. The molecule has 1 fully saturated rings. The first-order valence-corrected chi connectivity index (χ1v) is 11.2. The Morgan fingerprint density at radius 3 is 2.23 bits per heavy atom. The molecule has 1 saturated carbocycles. The summed E-state index contributed by atoms with van der Waals surface area (Å²) in [4.78, 5) is 25.5. The lowest BCUT2D eigenvalue weighted by molar-refractivity contribution is -0.117. The molecule has 1 aliphatic carbocycles. The van der Waals surface area contributed by atoms with Crippen molar-refractivity contribution in [1.29, 1.82) is 0 Å². The molecule has 0 heterocycles. The maximum Gasteiger partial charge on any atom is 0.263 e. The summed E-state index contributed by atoms with van der Waals surface area (Å²) in [6, 6.07) is 12.1. The Kier molecular flexibility index (Phi) is 6.99. The highest BCUT2D eigenvalue weighted by Gasteiger charge is 2.67. The monoisotopic (exact) mass is 544 g/mol. The van der Waals surface area contributed by atoms with Crippen molar-refractivity contribution in [2.45, 2.75) is 16.7 Å². The fourth-order valence-corrected chi connectivity index (χ4v) is 4.73. The van der Waals surface area contributed by atoms with Crippen molar-refractivity contribution in [2.75, 3.05) is 10.6 Å². The number of anilines is 2. The molecule has 0 aliphatic heterocycles. The van der Waals surface area contributed by atoms with Crippen LogP contribution in [0.4, 0.5) is 28.9 Å². The van der Waals surface area contributed by atoms with E-state index in [4.69, 9.17) is 34.8 Å². The molecule has 2 unspecified atom stereocenters. The van der Waals surface area contributed by atoms with E-state index in [2.05, 4.69) is 10.6 Å². The van der Waals surface area contributed by atoms with Gasteiger partial charge >= 0.3 is 0 Å². The molecule has 1 aliphatic rings. The summed E-state index contributed by atoms with van der Waals surface area (Å²) in [6.07, 6.45) is -2.63. The molecule has 0 spiro atoms. The zero-order chi connectivity index (χ0) is 25.5. The molecule has 4 rings (SSSR count). The minimum Gasteiger partial charge on any atom is -0.326 e. The van der Waals surface area contributed by atoms with Crippen molar-refractivity contribution in [3.05, 3.63) is 94.0 Å². The zero-order valence-corrected chi connectivity index (χ0v) is 19.7. The van der Waals surface area contributed by atoms with E-state index in [1.54, 1.807) is 0 Å². The van der Waals surface area contributed by atoms with Gasteiger partial charge in [-0.1, -0.05) is 35.9 Å². The Morgan fingerprint density at radius 1 is 0.914 bits per heavy atom. The van der Waals surface area contributed by atoms with E-state index in [0.29, 0.717) is 11.6 Å². The van der Waals surface area contributed by atoms with Gasteiger partial charge in [0.1, 0.15) is 16.0 Å². The first kappa shape index (κ1) is 25.3. The van der Waals surface area contributed by atoms with Crippen LogP contribution in [-0.2, 0) is 4.79 Å². The predicted molar refractivity (Wildman–Crippen MR) is 126 cm³/mol. The van der Waals surface area contributed by atoms with Gasteiger partial charge in [0.05, 0.1) is 22.2 Å². The van der Waals surface area contributed by atoms with Crippen LogP contribution in [0, 0.1) is 17.6 Å². The molecule has 2 amide bonds. The van der Waals surface area contributed by atoms with E-state index < -0.39 is 46.0 Å². The van der Waals surface area contributed by atoms with Gasteiger partial charge in [-0.05, 0) is 35.9 Å². The molecule has 0 aromatic heterocycles. The molecule has 35 heavy (non-hydrogen) atoms. The van der Waals surface area contributed by atoms with E-state index in [1.165, 1.54) is 42.5 Å². The van der Waals surface area contributed by atoms with E-state index in [1.807, 2.05) is 0 Å². The van der Waals surface area contributed by atoms with E-state index >= 15 is 0 Å². The third-order valence-corrected chi connectivity index (χ3v) is 6.81. The van der Waals surface area contributed by atoms with Crippen molar-refractivity contribution in [2.24, 2.45) is 5.92 Å². The van der Waals surface area contributed by atoms with Crippen LogP contribution in [0.3, 0.4) is 0 Å². The number of amides is 2. The SMILES string of the molecule is O=C(Nc1ccc(F)cc1F)c1cc(NC(=O)C2C(c3ccc(C(F)F)cc3)C2(Cl)Cl)ccc1Cl. The Morgan fingerprint density at radius 2 is 1.60 bits per heavy atom. The standard InChI is InChI=1S/C24H15Cl3F4N2O2/c25-16-7-6-14(10-15(16)22(34)33-18-8-5-13(28)9-17(18)29)32-23(35)20-19(24(20,26)27)11-1-3-12(4-2-11)21(30)31/h1-10,19-21H,(H,32,35)(H,33,34). The van der Waals surface area contributed by atoms with Crippen LogP contribution in [0.15, 0.2) is 60.7 Å². The number of hydrogen-bond donors (Lipinski definition) is 2. The molecule has 3 aromatic rings. The van der Waals surface area contributed by atoms with Gasteiger partial charge in [0.25, 0.3) is 12.3 Å². The van der Waals surface area contributed by atoms with Crippen molar-refractivity contribution >= 4 is 58.0 Å². The number of alkyl halides is 4. The molecular formula is C24H15Cl3F4N2O2. The summed E-state index contributed by atoms with van der Waals surface area (Å²) in [5, 5.41) is 4.92. The van der Waals surface area contributed by atoms with Crippen LogP contribution < -0.4 is 10.6 Å². The summed E-state index contributed by atoms with van der Waals surface area (Å²) in [6.45, 7) is 0. The quantitative estimate of drug-likeness (QED) is 0.252. The maximum absolute atomic E-state index is 13.9. The van der Waals surface area contributed by atoms with Crippen LogP contribution in [0.25, 0.3) is 0 Å². The molecule has 2 atom stereocenters. The van der Waals surface area contributed by atoms with Crippen LogP contribution in [0.1, 0.15) is 33.8 Å². The van der Waals surface area contributed by atoms with E-state index in [-0.39, 0.29) is 27.5 Å². The molecule has 11 heteroatoms. The fourth-order valence-electron chi connectivity index (χ4n) is 3.69. The fraction of sp³-hybridized carbons (Fsp3) is 0.167. The highest BCUT2D eigenvalue weighted by Crippen LogP contribution is 2.65. The lowest BCUT2D eigenvalue weighted by Gasteiger charge is -2.11. The summed E-state index contributed by atoms with van der Waals surface area (Å²) in [7, 11) is 0. The molecule has 0 saturated heterocycles. The number of nitrogens with one attached hydrogen (secondary N) is 2. The molecule has 182 valence electrons. The first-order chi connectivity index (χ1) is 16.5. The minimum absolute atomic E-state index is 0.0236. The van der Waals surface area contributed by atoms with Gasteiger partial charge in [0.2, 0.25) is 5.91 Å². The summed E-state index contributed by atoms with van der Waals surface area (Å²) >= 11 is 18.7. The third-order valence-electron chi connectivity index (χ3n) is 5.54. The second kappa shape index (κ2) is 9.68. The zero-order valence-electron chi connectivity index (χ0n) is 17.5. The van der Waals surface area contributed by atoms with Gasteiger partial charge in [0.15, 0.2) is 0 Å². The minimum atomic E-state index is -2.63. The van der Waals surface area contributed by atoms with E-state index in [9.17, 15) is 27.2 Å². The third kappa shape index (κ3) is 5.24. The van der Waals surface area contributed by atoms with Gasteiger partial charge in [-0.15, -0.1) is 23.2 Å². The van der Waals surface area contributed by atoms with Gasteiger partial charge in [-0.3, -0.25) is 9.59 Å². The van der Waals surface area contributed by atoms with Gasteiger partial charge in [-0.25, -0.2) is 17.6 Å². The average molecular weight is 546 g/mol. The molecule has 0 radical (unpaired) electrons. The molecule has 0 bridgehead atoms. The highest BCUT2D eigenvalue weighted by molar-refractivity contribution is 6.53. The average Bonchev–Trinajstić information content (AvgIpc) is 3.38. The Hall–Kier alpha value is -2.81. The molecule has 2 N–H and O–H groups in total. The number of benzene rings is 3. The normalized spacial score (nSPS) is 18.3. The molecule has 3 aromatic carbocycles. The Labute approximate surface area is 212 Å². The van der Waals surface area contributed by atoms with E-state index in [0.717, 1.165) is 12.1 Å². The Bertz CT molecular complexity index is 1300. The van der Waals surface area contributed by atoms with Gasteiger partial charge < -0.3 is 10.6 Å². The van der Waals surface area contributed by atoms with Gasteiger partial charge in [-0.2, -0.15) is 0 Å². The topological polar surface area (TPSA) is 58.2 Å². The van der Waals surface area contributed by atoms with Crippen LogP contribution in [-0.4, -0.2) is 16.1 Å². The van der Waals surface area contributed by atoms with Crippen molar-refractivity contribution in [3.8, 4) is 0 Å². The van der Waals surface area contributed by atoms with Gasteiger partial charge in [0, 0.05) is 23.2 Å². The summed E-state index contributed by atoms with van der Waals surface area (Å²) in [5.41, 5.74) is 0.211. The number of rotatable bonds is 6. The Balaban J connectivity index is 1.49. The lowest BCUT2D eigenvalue weighted by atomic mass is 10.1. The largest absolute Gasteiger partial charge is 0.326 e. The maximum atomic E-state index is 13.9. The van der Waals surface area contributed by atoms with Crippen molar-refractivity contribution in [3.63, 3.8) is 0 Å². The highest BCUT2D eigenvalue weighted by atomic mass is 35.5. The predicted octanol–water partition coefficient (Wildman–Crippen LogP) is 7.33. The number of carbonyl (C=O) groups is 2. The number of carbonyl (C=O) groups excluding carboxylic acids is 2. The second-order valence-electron chi connectivity index (χ2n) is 7.86. The second-order valence-corrected chi connectivity index (χ2v) is 9.71. The summed E-state index contributed by atoms with van der Waals surface area (Å²) < 4.78 is 51.1. The lowest BCUT2D eigenvalue weighted by Crippen LogP contribution is -2.18. The number of halogens is 7.